The molecule has 0 aliphatic rings. The Kier molecular flexibility index (Phi) is 2.97. The van der Waals surface area contributed by atoms with Gasteiger partial charge in [0.15, 0.2) is 0 Å². The fourth-order valence-electron chi connectivity index (χ4n) is 0.323. The van der Waals surface area contributed by atoms with Crippen molar-refractivity contribution in [2.75, 3.05) is 0 Å². The molecule has 0 radical (unpaired) electrons. The third kappa shape index (κ3) is 5.83. The van der Waals surface area contributed by atoms with Gasteiger partial charge in [-0.15, -0.1) is 22.0 Å². The molecule has 0 aromatic heterocycles. The molecule has 0 rings (SSSR count). The summed E-state index contributed by atoms with van der Waals surface area (Å²) in [7, 11) is 0. The summed E-state index contributed by atoms with van der Waals surface area (Å²) in [6.07, 6.45) is -10.5. The third-order valence-electron chi connectivity index (χ3n) is 0.497. The maximum absolute atomic E-state index is 11.8. The third-order valence-corrected chi connectivity index (χ3v) is 0.497. The van der Waals surface area contributed by atoms with Crippen LogP contribution in [0.4, 0.5) is 22.0 Å². The van der Waals surface area contributed by atoms with Crippen molar-refractivity contribution in [3.05, 3.63) is 0 Å². The molecule has 0 bridgehead atoms. The number of alkyl halides is 5. The molecule has 0 amide bonds. The van der Waals surface area contributed by atoms with Crippen molar-refractivity contribution in [3.63, 3.8) is 0 Å². The van der Waals surface area contributed by atoms with E-state index in [1.807, 2.05) is 0 Å². The SMILES string of the molecule is CC(=O)OC(F)(F)OC(F)(F)F. The van der Waals surface area contributed by atoms with E-state index in [0.29, 0.717) is 6.92 Å². The summed E-state index contributed by atoms with van der Waals surface area (Å²) < 4.78 is 62.0. The second-order valence-electron chi connectivity index (χ2n) is 1.60. The van der Waals surface area contributed by atoms with E-state index in [1.54, 1.807) is 0 Å². The minimum absolute atomic E-state index is 0.521. The highest BCUT2D eigenvalue weighted by molar-refractivity contribution is 5.66. The normalized spacial score (nSPS) is 12.8. The monoisotopic (exact) mass is 194 g/mol. The van der Waals surface area contributed by atoms with Gasteiger partial charge in [-0.25, -0.2) is 0 Å². The molecule has 0 N–H and O–H groups in total. The lowest BCUT2D eigenvalue weighted by Gasteiger charge is -2.15. The molecule has 0 atom stereocenters. The molecule has 12 heavy (non-hydrogen) atoms. The molecule has 0 heterocycles. The zero-order chi connectivity index (χ0) is 9.99. The number of hydrogen-bond donors (Lipinski definition) is 0. The van der Waals surface area contributed by atoms with Gasteiger partial charge in [0, 0.05) is 6.92 Å². The molecule has 0 saturated carbocycles. The molecule has 3 nitrogen and oxygen atoms in total. The topological polar surface area (TPSA) is 35.5 Å². The Morgan fingerprint density at radius 3 is 1.83 bits per heavy atom. The van der Waals surface area contributed by atoms with Crippen molar-refractivity contribution in [3.8, 4) is 0 Å². The average molecular weight is 194 g/mol. The Bertz CT molecular complexity index is 174. The number of hydrogen-bond acceptors (Lipinski definition) is 3. The van der Waals surface area contributed by atoms with Crippen LogP contribution in [-0.4, -0.2) is 18.6 Å². The van der Waals surface area contributed by atoms with E-state index in [9.17, 15) is 26.7 Å². The van der Waals surface area contributed by atoms with Crippen molar-refractivity contribution < 1.29 is 36.2 Å². The van der Waals surface area contributed by atoms with E-state index in [-0.39, 0.29) is 0 Å². The summed E-state index contributed by atoms with van der Waals surface area (Å²) in [6, 6.07) is 0. The molecule has 8 heteroatoms. The summed E-state index contributed by atoms with van der Waals surface area (Å²) in [6.45, 7) is 0.521. The van der Waals surface area contributed by atoms with E-state index in [4.69, 9.17) is 0 Å². The Morgan fingerprint density at radius 2 is 1.58 bits per heavy atom. The maximum atomic E-state index is 11.8. The molecule has 0 aromatic rings. The van der Waals surface area contributed by atoms with E-state index in [0.717, 1.165) is 0 Å². The summed E-state index contributed by atoms with van der Waals surface area (Å²) >= 11 is 0. The first-order valence-corrected chi connectivity index (χ1v) is 2.47. The van der Waals surface area contributed by atoms with Crippen LogP contribution in [0.1, 0.15) is 6.92 Å². The van der Waals surface area contributed by atoms with Gasteiger partial charge in [-0.2, -0.15) is 4.74 Å². The lowest BCUT2D eigenvalue weighted by Crippen LogP contribution is -2.33. The lowest BCUT2D eigenvalue weighted by molar-refractivity contribution is -0.484. The van der Waals surface area contributed by atoms with Crippen LogP contribution in [0.2, 0.25) is 0 Å². The Hall–Kier alpha value is -0.920. The van der Waals surface area contributed by atoms with Gasteiger partial charge in [-0.3, -0.25) is 4.79 Å². The predicted molar refractivity (Wildman–Crippen MR) is 23.9 cm³/mol. The van der Waals surface area contributed by atoms with Crippen LogP contribution >= 0.6 is 0 Å². The lowest BCUT2D eigenvalue weighted by atomic mass is 10.8. The van der Waals surface area contributed by atoms with Gasteiger partial charge in [0.25, 0.3) is 0 Å². The molecule has 0 aromatic carbocycles. The predicted octanol–water partition coefficient (Wildman–Crippen LogP) is 1.64. The van der Waals surface area contributed by atoms with Gasteiger partial charge in [-0.1, -0.05) is 0 Å². The first kappa shape index (κ1) is 11.1. The van der Waals surface area contributed by atoms with Gasteiger partial charge in [0.1, 0.15) is 0 Å². The molecule has 0 spiro atoms. The van der Waals surface area contributed by atoms with Crippen molar-refractivity contribution in [2.24, 2.45) is 0 Å². The number of esters is 1. The quantitative estimate of drug-likeness (QED) is 0.380. The van der Waals surface area contributed by atoms with Crippen LogP contribution < -0.4 is 0 Å². The van der Waals surface area contributed by atoms with Gasteiger partial charge < -0.3 is 4.74 Å². The van der Waals surface area contributed by atoms with E-state index in [1.165, 1.54) is 0 Å². The van der Waals surface area contributed by atoms with Gasteiger partial charge in [0.2, 0.25) is 0 Å². The van der Waals surface area contributed by atoms with Crippen molar-refractivity contribution >= 4 is 5.97 Å². The Labute approximate surface area is 63.1 Å². The summed E-state index contributed by atoms with van der Waals surface area (Å²) in [5.41, 5.74) is 0. The second kappa shape index (κ2) is 3.21. The highest BCUT2D eigenvalue weighted by atomic mass is 19.4. The molecule has 0 saturated heterocycles. The number of carbonyl (C=O) groups excluding carboxylic acids is 1. The van der Waals surface area contributed by atoms with Crippen LogP contribution in [0.15, 0.2) is 0 Å². The smallest absolute Gasteiger partial charge is 0.377 e. The maximum Gasteiger partial charge on any atom is 0.544 e. The molecule has 0 unspecified atom stereocenters. The standard InChI is InChI=1S/C4H3F5O3/c1-2(10)11-4(8,9)12-3(5,6)7/h1H3. The van der Waals surface area contributed by atoms with Crippen molar-refractivity contribution in [1.82, 2.24) is 0 Å². The van der Waals surface area contributed by atoms with Crippen LogP contribution in [0.5, 0.6) is 0 Å². The van der Waals surface area contributed by atoms with E-state index >= 15 is 0 Å². The second-order valence-corrected chi connectivity index (χ2v) is 1.60. The molecular formula is C4H3F5O3. The van der Waals surface area contributed by atoms with Gasteiger partial charge >= 0.3 is 18.6 Å². The highest BCUT2D eigenvalue weighted by Crippen LogP contribution is 2.28. The fourth-order valence-corrected chi connectivity index (χ4v) is 0.323. The van der Waals surface area contributed by atoms with E-state index < -0.39 is 18.6 Å². The summed E-state index contributed by atoms with van der Waals surface area (Å²) in [5.74, 6) is -1.58. The Morgan fingerprint density at radius 1 is 1.17 bits per heavy atom. The zero-order valence-electron chi connectivity index (χ0n) is 5.61. The fraction of sp³-hybridized carbons (Fsp3) is 0.750. The first-order chi connectivity index (χ1) is 5.12. The Balaban J connectivity index is 4.13. The first-order valence-electron chi connectivity index (χ1n) is 2.47. The van der Waals surface area contributed by atoms with E-state index in [2.05, 4.69) is 9.47 Å². The number of rotatable bonds is 2. The summed E-state index contributed by atoms with van der Waals surface area (Å²) in [5, 5.41) is 0. The number of ether oxygens (including phenoxy) is 2. The average Bonchev–Trinajstić information content (AvgIpc) is 1.48. The zero-order valence-corrected chi connectivity index (χ0v) is 5.61. The van der Waals surface area contributed by atoms with Gasteiger partial charge in [0.05, 0.1) is 0 Å². The van der Waals surface area contributed by atoms with Crippen molar-refractivity contribution in [2.45, 2.75) is 19.6 Å². The minimum Gasteiger partial charge on any atom is -0.377 e. The van der Waals surface area contributed by atoms with Gasteiger partial charge in [-0.05, 0) is 0 Å². The molecule has 0 aliphatic carbocycles. The van der Waals surface area contributed by atoms with Crippen LogP contribution in [0.25, 0.3) is 0 Å². The van der Waals surface area contributed by atoms with Crippen molar-refractivity contribution in [1.29, 1.82) is 0 Å². The molecular weight excluding hydrogens is 191 g/mol. The number of carbonyl (C=O) groups is 1. The largest absolute Gasteiger partial charge is 0.544 e. The van der Waals surface area contributed by atoms with Crippen LogP contribution in [0.3, 0.4) is 0 Å². The molecule has 72 valence electrons. The summed E-state index contributed by atoms with van der Waals surface area (Å²) in [4.78, 5) is 9.80. The van der Waals surface area contributed by atoms with Crippen LogP contribution in [0, 0.1) is 0 Å². The highest BCUT2D eigenvalue weighted by Gasteiger charge is 2.48. The van der Waals surface area contributed by atoms with Crippen LogP contribution in [-0.2, 0) is 14.3 Å². The molecule has 0 aliphatic heterocycles. The minimum atomic E-state index is -5.56. The number of halogens is 5. The molecule has 0 fully saturated rings.